The van der Waals surface area contributed by atoms with Crippen molar-refractivity contribution in [3.63, 3.8) is 0 Å². The molecule has 1 atom stereocenters. The van der Waals surface area contributed by atoms with Gasteiger partial charge in [-0.3, -0.25) is 9.48 Å². The molecule has 5 heteroatoms. The van der Waals surface area contributed by atoms with E-state index in [0.29, 0.717) is 11.6 Å². The fourth-order valence-corrected chi connectivity index (χ4v) is 1.68. The van der Waals surface area contributed by atoms with Crippen LogP contribution >= 0.6 is 11.6 Å². The largest absolute Gasteiger partial charge is 0.348 e. The van der Waals surface area contributed by atoms with Gasteiger partial charge in [0.05, 0.1) is 5.69 Å². The predicted octanol–water partition coefficient (Wildman–Crippen LogP) is 1.48. The molecule has 1 N–H and O–H groups in total. The molecule has 1 aromatic rings. The quantitative estimate of drug-likeness (QED) is 0.795. The van der Waals surface area contributed by atoms with Crippen molar-refractivity contribution < 1.29 is 4.79 Å². The summed E-state index contributed by atoms with van der Waals surface area (Å²) in [5.41, 5.74) is 1.42. The smallest absolute Gasteiger partial charge is 0.269 e. The molecule has 0 saturated carbocycles. The molecule has 1 rings (SSSR count). The second-order valence-corrected chi connectivity index (χ2v) is 4.02. The summed E-state index contributed by atoms with van der Waals surface area (Å²) < 4.78 is 1.58. The van der Waals surface area contributed by atoms with E-state index in [1.54, 1.807) is 17.8 Å². The lowest BCUT2D eigenvalue weighted by molar-refractivity contribution is 0.0930. The number of carbonyl (C=O) groups excluding carboxylic acids is 1. The fourth-order valence-electron chi connectivity index (χ4n) is 1.36. The highest BCUT2D eigenvalue weighted by Crippen LogP contribution is 2.03. The third kappa shape index (κ3) is 3.23. The van der Waals surface area contributed by atoms with Gasteiger partial charge in [0.25, 0.3) is 5.91 Å². The van der Waals surface area contributed by atoms with Crippen molar-refractivity contribution in [1.82, 2.24) is 15.1 Å². The van der Waals surface area contributed by atoms with Gasteiger partial charge in [0, 0.05) is 19.0 Å². The Labute approximate surface area is 94.6 Å². The topological polar surface area (TPSA) is 46.9 Å². The first-order valence-electron chi connectivity index (χ1n) is 4.92. The molecule has 0 radical (unpaired) electrons. The molecule has 1 amide bonds. The zero-order valence-electron chi connectivity index (χ0n) is 9.25. The van der Waals surface area contributed by atoms with Crippen molar-refractivity contribution >= 4 is 17.5 Å². The normalized spacial score (nSPS) is 12.5. The molecular weight excluding hydrogens is 214 g/mol. The van der Waals surface area contributed by atoms with E-state index in [1.165, 1.54) is 0 Å². The Hall–Kier alpha value is -1.03. The first kappa shape index (κ1) is 12.0. The molecule has 15 heavy (non-hydrogen) atoms. The lowest BCUT2D eigenvalue weighted by atomic mass is 10.2. The van der Waals surface area contributed by atoms with Crippen LogP contribution in [-0.4, -0.2) is 27.6 Å². The summed E-state index contributed by atoms with van der Waals surface area (Å²) in [5, 5.41) is 6.98. The molecule has 1 unspecified atom stereocenters. The number of carbonyl (C=O) groups is 1. The highest BCUT2D eigenvalue weighted by molar-refractivity contribution is 6.17. The van der Waals surface area contributed by atoms with E-state index >= 15 is 0 Å². The van der Waals surface area contributed by atoms with Crippen molar-refractivity contribution in [2.24, 2.45) is 7.05 Å². The minimum atomic E-state index is -0.101. The summed E-state index contributed by atoms with van der Waals surface area (Å²) >= 11 is 5.59. The number of amides is 1. The summed E-state index contributed by atoms with van der Waals surface area (Å²) in [4.78, 5) is 11.7. The average Bonchev–Trinajstić information content (AvgIpc) is 2.45. The SMILES string of the molecule is Cc1cc(C(=O)NC(C)CCCl)n(C)n1. The van der Waals surface area contributed by atoms with Crippen LogP contribution in [0.15, 0.2) is 6.07 Å². The van der Waals surface area contributed by atoms with Crippen molar-refractivity contribution in [2.45, 2.75) is 26.3 Å². The lowest BCUT2D eigenvalue weighted by Gasteiger charge is -2.11. The van der Waals surface area contributed by atoms with Gasteiger partial charge in [-0.1, -0.05) is 0 Å². The van der Waals surface area contributed by atoms with Gasteiger partial charge in [-0.05, 0) is 26.3 Å². The Morgan fingerprint density at radius 3 is 2.87 bits per heavy atom. The molecule has 0 saturated heterocycles. The standard InChI is InChI=1S/C10H16ClN3O/c1-7(4-5-11)12-10(15)9-6-8(2)13-14(9)3/h6-7H,4-5H2,1-3H3,(H,12,15). The zero-order valence-corrected chi connectivity index (χ0v) is 10.0. The van der Waals surface area contributed by atoms with Crippen molar-refractivity contribution in [3.8, 4) is 0 Å². The van der Waals surface area contributed by atoms with Gasteiger partial charge in [-0.2, -0.15) is 5.10 Å². The van der Waals surface area contributed by atoms with E-state index < -0.39 is 0 Å². The van der Waals surface area contributed by atoms with Crippen molar-refractivity contribution in [3.05, 3.63) is 17.5 Å². The number of hydrogen-bond acceptors (Lipinski definition) is 2. The molecule has 0 aliphatic heterocycles. The van der Waals surface area contributed by atoms with Crippen LogP contribution in [0.5, 0.6) is 0 Å². The van der Waals surface area contributed by atoms with Gasteiger partial charge in [0.2, 0.25) is 0 Å². The number of alkyl halides is 1. The molecule has 0 aromatic carbocycles. The first-order chi connectivity index (χ1) is 7.04. The van der Waals surface area contributed by atoms with Gasteiger partial charge < -0.3 is 5.32 Å². The highest BCUT2D eigenvalue weighted by Gasteiger charge is 2.13. The van der Waals surface area contributed by atoms with E-state index in [4.69, 9.17) is 11.6 Å². The Morgan fingerprint density at radius 1 is 1.73 bits per heavy atom. The second-order valence-electron chi connectivity index (χ2n) is 3.65. The van der Waals surface area contributed by atoms with E-state index in [2.05, 4.69) is 10.4 Å². The molecule has 0 aliphatic carbocycles. The molecular formula is C10H16ClN3O. The summed E-state index contributed by atoms with van der Waals surface area (Å²) in [6, 6.07) is 1.85. The van der Waals surface area contributed by atoms with Crippen LogP contribution in [0.25, 0.3) is 0 Å². The van der Waals surface area contributed by atoms with Gasteiger partial charge in [0.1, 0.15) is 5.69 Å². The molecule has 0 bridgehead atoms. The number of hydrogen-bond donors (Lipinski definition) is 1. The van der Waals surface area contributed by atoms with E-state index in [9.17, 15) is 4.79 Å². The van der Waals surface area contributed by atoms with E-state index in [-0.39, 0.29) is 11.9 Å². The maximum atomic E-state index is 11.7. The number of nitrogens with zero attached hydrogens (tertiary/aromatic N) is 2. The second kappa shape index (κ2) is 5.16. The Morgan fingerprint density at radius 2 is 2.40 bits per heavy atom. The van der Waals surface area contributed by atoms with Crippen LogP contribution in [0.4, 0.5) is 0 Å². The Kier molecular flexibility index (Phi) is 4.15. The maximum Gasteiger partial charge on any atom is 0.269 e. The van der Waals surface area contributed by atoms with Crippen LogP contribution in [0, 0.1) is 6.92 Å². The third-order valence-electron chi connectivity index (χ3n) is 2.15. The third-order valence-corrected chi connectivity index (χ3v) is 2.37. The Bertz CT molecular complexity index is 348. The fraction of sp³-hybridized carbons (Fsp3) is 0.600. The molecule has 1 heterocycles. The molecule has 0 spiro atoms. The number of aromatic nitrogens is 2. The van der Waals surface area contributed by atoms with Gasteiger partial charge in [0.15, 0.2) is 0 Å². The van der Waals surface area contributed by atoms with Crippen LogP contribution in [0.3, 0.4) is 0 Å². The number of aryl methyl sites for hydroxylation is 2. The van der Waals surface area contributed by atoms with Crippen LogP contribution < -0.4 is 5.32 Å². The number of nitrogens with one attached hydrogen (secondary N) is 1. The maximum absolute atomic E-state index is 11.7. The summed E-state index contributed by atoms with van der Waals surface area (Å²) in [7, 11) is 1.76. The predicted molar refractivity (Wildman–Crippen MR) is 60.2 cm³/mol. The monoisotopic (exact) mass is 229 g/mol. The van der Waals surface area contributed by atoms with Gasteiger partial charge in [-0.25, -0.2) is 0 Å². The number of halogens is 1. The van der Waals surface area contributed by atoms with Crippen molar-refractivity contribution in [2.75, 3.05) is 5.88 Å². The molecule has 4 nitrogen and oxygen atoms in total. The molecule has 0 fully saturated rings. The van der Waals surface area contributed by atoms with Gasteiger partial charge in [-0.15, -0.1) is 11.6 Å². The zero-order chi connectivity index (χ0) is 11.4. The van der Waals surface area contributed by atoms with Crippen molar-refractivity contribution in [1.29, 1.82) is 0 Å². The number of rotatable bonds is 4. The molecule has 0 aliphatic rings. The minimum absolute atomic E-state index is 0.0882. The highest BCUT2D eigenvalue weighted by atomic mass is 35.5. The van der Waals surface area contributed by atoms with Crippen LogP contribution in [0.1, 0.15) is 29.5 Å². The van der Waals surface area contributed by atoms with Crippen LogP contribution in [-0.2, 0) is 7.05 Å². The molecule has 1 aromatic heterocycles. The Balaban J connectivity index is 2.65. The summed E-state index contributed by atoms with van der Waals surface area (Å²) in [6.45, 7) is 3.79. The van der Waals surface area contributed by atoms with Gasteiger partial charge >= 0.3 is 0 Å². The average molecular weight is 230 g/mol. The first-order valence-corrected chi connectivity index (χ1v) is 5.45. The van der Waals surface area contributed by atoms with Crippen LogP contribution in [0.2, 0.25) is 0 Å². The van der Waals surface area contributed by atoms with E-state index in [1.807, 2.05) is 13.8 Å². The summed E-state index contributed by atoms with van der Waals surface area (Å²) in [6.07, 6.45) is 0.768. The minimum Gasteiger partial charge on any atom is -0.348 e. The molecule has 84 valence electrons. The summed E-state index contributed by atoms with van der Waals surface area (Å²) in [5.74, 6) is 0.446. The van der Waals surface area contributed by atoms with E-state index in [0.717, 1.165) is 12.1 Å². The lowest BCUT2D eigenvalue weighted by Crippen LogP contribution is -2.34.